The number of aryl methyl sites for hydroxylation is 1. The third kappa shape index (κ3) is 4.90. The number of piperazine rings is 1. The minimum atomic E-state index is -3.82. The van der Waals surface area contributed by atoms with E-state index in [9.17, 15) is 8.42 Å². The predicted molar refractivity (Wildman–Crippen MR) is 141 cm³/mol. The lowest BCUT2D eigenvalue weighted by molar-refractivity contribution is -0.914. The van der Waals surface area contributed by atoms with E-state index in [0.717, 1.165) is 55.3 Å². The molecule has 2 aliphatic heterocycles. The summed E-state index contributed by atoms with van der Waals surface area (Å²) in [5, 5.41) is 0. The Morgan fingerprint density at radius 2 is 1.62 bits per heavy atom. The Balaban J connectivity index is 1.23. The van der Waals surface area contributed by atoms with Crippen molar-refractivity contribution in [3.05, 3.63) is 77.9 Å². The number of fused-ring (bicyclic) bond motifs is 2. The van der Waals surface area contributed by atoms with Crippen LogP contribution in [0.3, 0.4) is 0 Å². The zero-order valence-electron chi connectivity index (χ0n) is 20.5. The first kappa shape index (κ1) is 23.5. The third-order valence-corrected chi connectivity index (χ3v) is 8.13. The Kier molecular flexibility index (Phi) is 6.05. The molecule has 2 aliphatic rings. The van der Waals surface area contributed by atoms with E-state index >= 15 is 0 Å². The lowest BCUT2D eigenvalue weighted by Gasteiger charge is -2.33. The molecule has 0 radical (unpaired) electrons. The van der Waals surface area contributed by atoms with Gasteiger partial charge in [0.25, 0.3) is 10.0 Å². The fourth-order valence-corrected chi connectivity index (χ4v) is 5.74. The monoisotopic (exact) mass is 518 g/mol. The molecule has 10 heteroatoms. The SMILES string of the molecule is Cc1ccc(S(=O)(=O)Nc2nc3ccccc3nc2N2CC[NH+](Cc3ccc4c(c3)OCO4)CC2)cc1. The summed E-state index contributed by atoms with van der Waals surface area (Å²) in [4.78, 5) is 13.3. The lowest BCUT2D eigenvalue weighted by atomic mass is 10.1. The van der Waals surface area contributed by atoms with Gasteiger partial charge in [-0.3, -0.25) is 4.72 Å². The van der Waals surface area contributed by atoms with Gasteiger partial charge >= 0.3 is 0 Å². The number of para-hydroxylation sites is 2. The van der Waals surface area contributed by atoms with Gasteiger partial charge in [-0.2, -0.15) is 0 Å². The number of anilines is 2. The standard InChI is InChI=1S/C27H27N5O4S/c1-19-6-9-21(10-7-19)37(33,34)30-26-27(29-23-5-3-2-4-22(23)28-26)32-14-12-31(13-15-32)17-20-8-11-24-25(16-20)36-18-35-24/h2-11,16H,12-15,17-18H2,1H3,(H,28,30)/p+1. The molecule has 1 fully saturated rings. The van der Waals surface area contributed by atoms with E-state index in [1.54, 1.807) is 24.3 Å². The van der Waals surface area contributed by atoms with Crippen LogP contribution in [0.1, 0.15) is 11.1 Å². The van der Waals surface area contributed by atoms with Crippen molar-refractivity contribution >= 4 is 32.7 Å². The van der Waals surface area contributed by atoms with Crippen LogP contribution in [0.25, 0.3) is 11.0 Å². The largest absolute Gasteiger partial charge is 0.454 e. The summed E-state index contributed by atoms with van der Waals surface area (Å²) in [7, 11) is -3.82. The molecule has 9 nitrogen and oxygen atoms in total. The number of aromatic nitrogens is 2. The van der Waals surface area contributed by atoms with Crippen molar-refractivity contribution in [1.29, 1.82) is 0 Å². The normalized spacial score (nSPS) is 15.8. The van der Waals surface area contributed by atoms with Crippen molar-refractivity contribution in [3.8, 4) is 11.5 Å². The number of nitrogens with one attached hydrogen (secondary N) is 2. The number of ether oxygens (including phenoxy) is 2. The average Bonchev–Trinajstić information content (AvgIpc) is 3.37. The van der Waals surface area contributed by atoms with Crippen molar-refractivity contribution < 1.29 is 22.8 Å². The van der Waals surface area contributed by atoms with E-state index in [2.05, 4.69) is 26.7 Å². The molecular weight excluding hydrogens is 490 g/mol. The molecule has 0 spiro atoms. The molecule has 0 amide bonds. The molecule has 4 aromatic rings. The van der Waals surface area contributed by atoms with Gasteiger partial charge in [-0.25, -0.2) is 18.4 Å². The molecule has 1 saturated heterocycles. The van der Waals surface area contributed by atoms with Gasteiger partial charge in [-0.1, -0.05) is 29.8 Å². The number of nitrogens with zero attached hydrogens (tertiary/aromatic N) is 3. The lowest BCUT2D eigenvalue weighted by Crippen LogP contribution is -3.13. The Morgan fingerprint density at radius 1 is 0.919 bits per heavy atom. The molecule has 3 aromatic carbocycles. The van der Waals surface area contributed by atoms with E-state index in [1.165, 1.54) is 10.5 Å². The topological polar surface area (TPSA) is 98.1 Å². The van der Waals surface area contributed by atoms with Crippen LogP contribution in [0.5, 0.6) is 11.5 Å². The summed E-state index contributed by atoms with van der Waals surface area (Å²) in [6, 6.07) is 20.4. The van der Waals surface area contributed by atoms with E-state index in [0.29, 0.717) is 11.3 Å². The van der Waals surface area contributed by atoms with Crippen molar-refractivity contribution in [2.45, 2.75) is 18.4 Å². The fraction of sp³-hybridized carbons (Fsp3) is 0.259. The van der Waals surface area contributed by atoms with Crippen molar-refractivity contribution in [2.75, 3.05) is 42.6 Å². The van der Waals surface area contributed by atoms with Crippen LogP contribution in [0.4, 0.5) is 11.6 Å². The van der Waals surface area contributed by atoms with Gasteiger partial charge in [0, 0.05) is 5.56 Å². The number of hydrogen-bond acceptors (Lipinski definition) is 7. The highest BCUT2D eigenvalue weighted by Gasteiger charge is 2.27. The summed E-state index contributed by atoms with van der Waals surface area (Å²) in [6.45, 7) is 6.29. The molecule has 2 N–H and O–H groups in total. The fourth-order valence-electron chi connectivity index (χ4n) is 4.73. The number of sulfonamides is 1. The molecule has 0 aliphatic carbocycles. The molecular formula is C27H28N5O4S+. The van der Waals surface area contributed by atoms with Crippen molar-refractivity contribution in [3.63, 3.8) is 0 Å². The van der Waals surface area contributed by atoms with Crippen LogP contribution in [0.2, 0.25) is 0 Å². The zero-order valence-corrected chi connectivity index (χ0v) is 21.3. The number of hydrogen-bond donors (Lipinski definition) is 2. The maximum Gasteiger partial charge on any atom is 0.263 e. The number of quaternary nitrogens is 1. The molecule has 6 rings (SSSR count). The zero-order chi connectivity index (χ0) is 25.4. The molecule has 0 bridgehead atoms. The summed E-state index contributed by atoms with van der Waals surface area (Å²) >= 11 is 0. The maximum absolute atomic E-state index is 13.2. The first-order valence-electron chi connectivity index (χ1n) is 12.3. The quantitative estimate of drug-likeness (QED) is 0.405. The molecule has 0 saturated carbocycles. The summed E-state index contributed by atoms with van der Waals surface area (Å²) in [5.41, 5.74) is 3.56. The van der Waals surface area contributed by atoms with E-state index in [4.69, 9.17) is 14.5 Å². The second-order valence-electron chi connectivity index (χ2n) is 9.40. The van der Waals surface area contributed by atoms with Crippen LogP contribution in [0, 0.1) is 6.92 Å². The highest BCUT2D eigenvalue weighted by atomic mass is 32.2. The Labute approximate surface area is 215 Å². The second-order valence-corrected chi connectivity index (χ2v) is 11.1. The molecule has 0 atom stereocenters. The molecule has 0 unspecified atom stereocenters. The van der Waals surface area contributed by atoms with Crippen molar-refractivity contribution in [2.24, 2.45) is 0 Å². The Hall–Kier alpha value is -3.89. The van der Waals surface area contributed by atoms with Crippen LogP contribution in [0.15, 0.2) is 71.6 Å². The predicted octanol–water partition coefficient (Wildman–Crippen LogP) is 2.37. The van der Waals surface area contributed by atoms with Gasteiger partial charge < -0.3 is 19.3 Å². The van der Waals surface area contributed by atoms with Gasteiger partial charge in [-0.05, 0) is 49.4 Å². The summed E-state index contributed by atoms with van der Waals surface area (Å²) < 4.78 is 40.0. The molecule has 3 heterocycles. The van der Waals surface area contributed by atoms with Gasteiger partial charge in [0.05, 0.1) is 42.1 Å². The smallest absolute Gasteiger partial charge is 0.263 e. The van der Waals surface area contributed by atoms with Gasteiger partial charge in [0.15, 0.2) is 23.1 Å². The van der Waals surface area contributed by atoms with Crippen LogP contribution in [-0.4, -0.2) is 51.4 Å². The minimum Gasteiger partial charge on any atom is -0.454 e. The molecule has 37 heavy (non-hydrogen) atoms. The highest BCUT2D eigenvalue weighted by molar-refractivity contribution is 7.92. The van der Waals surface area contributed by atoms with Crippen LogP contribution in [-0.2, 0) is 16.6 Å². The average molecular weight is 519 g/mol. The first-order chi connectivity index (χ1) is 17.9. The van der Waals surface area contributed by atoms with Crippen molar-refractivity contribution in [1.82, 2.24) is 9.97 Å². The highest BCUT2D eigenvalue weighted by Crippen LogP contribution is 2.32. The van der Waals surface area contributed by atoms with E-state index < -0.39 is 10.0 Å². The second kappa shape index (κ2) is 9.53. The Bertz CT molecular complexity index is 1550. The van der Waals surface area contributed by atoms with Gasteiger partial charge in [0.2, 0.25) is 6.79 Å². The minimum absolute atomic E-state index is 0.192. The van der Waals surface area contributed by atoms with E-state index in [-0.39, 0.29) is 17.5 Å². The summed E-state index contributed by atoms with van der Waals surface area (Å²) in [5.74, 6) is 2.39. The molecule has 1 aromatic heterocycles. The van der Waals surface area contributed by atoms with Gasteiger partial charge in [0.1, 0.15) is 6.54 Å². The third-order valence-electron chi connectivity index (χ3n) is 6.78. The first-order valence-corrected chi connectivity index (χ1v) is 13.8. The van der Waals surface area contributed by atoms with Crippen LogP contribution < -0.4 is 24.0 Å². The maximum atomic E-state index is 13.2. The van der Waals surface area contributed by atoms with E-state index in [1.807, 2.05) is 37.3 Å². The number of rotatable bonds is 6. The molecule has 190 valence electrons. The number of benzene rings is 3. The summed E-state index contributed by atoms with van der Waals surface area (Å²) in [6.07, 6.45) is 0. The van der Waals surface area contributed by atoms with Crippen LogP contribution >= 0.6 is 0 Å². The Morgan fingerprint density at radius 3 is 2.38 bits per heavy atom. The van der Waals surface area contributed by atoms with Gasteiger partial charge in [-0.15, -0.1) is 0 Å².